The van der Waals surface area contributed by atoms with Crippen LogP contribution < -0.4 is 0 Å². The lowest BCUT2D eigenvalue weighted by atomic mass is 9.85. The second-order valence-corrected chi connectivity index (χ2v) is 13.5. The van der Waals surface area contributed by atoms with Crippen LogP contribution in [0.25, 0.3) is 104 Å². The standard InChI is InChI=1S/C49H30N2/c1-2-12-34-29-36(26-23-31(34)11-1)48-40-16-5-3-14-38(40)47(39-15-4-6-17-41(39)48)33-24-21-32(22-25-33)35-27-28-42-43(30-35)37-13-7-9-19-45(37)51-46-20-10-8-18-44(46)50-49(42)51/h1-30H. The molecular weight excluding hydrogens is 617 g/mol. The van der Waals surface area contributed by atoms with E-state index >= 15 is 0 Å². The van der Waals surface area contributed by atoms with Crippen molar-refractivity contribution in [3.05, 3.63) is 182 Å². The number of fused-ring (bicyclic) bond motifs is 11. The van der Waals surface area contributed by atoms with Gasteiger partial charge in [-0.15, -0.1) is 0 Å². The van der Waals surface area contributed by atoms with Gasteiger partial charge in [0.15, 0.2) is 0 Å². The van der Waals surface area contributed by atoms with Crippen molar-refractivity contribution >= 4 is 70.7 Å². The average molecular weight is 647 g/mol. The highest BCUT2D eigenvalue weighted by atomic mass is 15.0. The minimum atomic E-state index is 0.998. The predicted octanol–water partition coefficient (Wildman–Crippen LogP) is 13.3. The van der Waals surface area contributed by atoms with E-state index in [9.17, 15) is 0 Å². The molecule has 0 N–H and O–H groups in total. The lowest BCUT2D eigenvalue weighted by Crippen LogP contribution is -1.92. The first-order chi connectivity index (χ1) is 25.3. The molecule has 2 heterocycles. The number of para-hydroxylation sites is 3. The van der Waals surface area contributed by atoms with E-state index in [-0.39, 0.29) is 0 Å². The first kappa shape index (κ1) is 28.1. The van der Waals surface area contributed by atoms with Crippen LogP contribution in [0.5, 0.6) is 0 Å². The zero-order chi connectivity index (χ0) is 33.5. The van der Waals surface area contributed by atoms with Crippen molar-refractivity contribution in [3.8, 4) is 33.4 Å². The Hall–Kier alpha value is -6.77. The number of hydrogen-bond acceptors (Lipinski definition) is 1. The first-order valence-corrected chi connectivity index (χ1v) is 17.6. The summed E-state index contributed by atoms with van der Waals surface area (Å²) in [5.74, 6) is 0. The van der Waals surface area contributed by atoms with Crippen molar-refractivity contribution in [2.45, 2.75) is 0 Å². The second kappa shape index (κ2) is 10.9. The molecule has 2 nitrogen and oxygen atoms in total. The normalized spacial score (nSPS) is 11.9. The van der Waals surface area contributed by atoms with Crippen LogP contribution in [0.2, 0.25) is 0 Å². The van der Waals surface area contributed by atoms with Gasteiger partial charge in [-0.25, -0.2) is 4.98 Å². The fraction of sp³-hybridized carbons (Fsp3) is 0. The van der Waals surface area contributed by atoms with Gasteiger partial charge in [-0.2, -0.15) is 0 Å². The third kappa shape index (κ3) is 4.20. The van der Waals surface area contributed by atoms with Gasteiger partial charge >= 0.3 is 0 Å². The minimum Gasteiger partial charge on any atom is -0.292 e. The predicted molar refractivity (Wildman–Crippen MR) is 217 cm³/mol. The summed E-state index contributed by atoms with van der Waals surface area (Å²) in [5, 5.41) is 11.2. The molecule has 9 aromatic carbocycles. The van der Waals surface area contributed by atoms with Crippen molar-refractivity contribution in [2.75, 3.05) is 0 Å². The minimum absolute atomic E-state index is 0.998. The van der Waals surface area contributed by atoms with Crippen LogP contribution in [-0.2, 0) is 0 Å². The number of rotatable bonds is 3. The molecule has 0 amide bonds. The summed E-state index contributed by atoms with van der Waals surface area (Å²) in [6.45, 7) is 0. The Labute approximate surface area is 294 Å². The maximum atomic E-state index is 5.09. The summed E-state index contributed by atoms with van der Waals surface area (Å²) in [4.78, 5) is 5.09. The first-order valence-electron chi connectivity index (χ1n) is 17.6. The number of imidazole rings is 1. The molecule has 0 aliphatic rings. The Morgan fingerprint density at radius 1 is 0.314 bits per heavy atom. The third-order valence-electron chi connectivity index (χ3n) is 10.7. The quantitative estimate of drug-likeness (QED) is 0.138. The molecule has 0 spiro atoms. The van der Waals surface area contributed by atoms with Crippen LogP contribution in [0.4, 0.5) is 0 Å². The van der Waals surface area contributed by atoms with E-state index in [4.69, 9.17) is 4.98 Å². The van der Waals surface area contributed by atoms with Crippen LogP contribution in [-0.4, -0.2) is 9.38 Å². The fourth-order valence-corrected chi connectivity index (χ4v) is 8.41. The molecule has 236 valence electrons. The summed E-state index contributed by atoms with van der Waals surface area (Å²) >= 11 is 0. The van der Waals surface area contributed by atoms with E-state index in [0.29, 0.717) is 0 Å². The van der Waals surface area contributed by atoms with E-state index in [0.717, 1.165) is 22.1 Å². The van der Waals surface area contributed by atoms with Gasteiger partial charge in [0.1, 0.15) is 5.65 Å². The van der Waals surface area contributed by atoms with Crippen molar-refractivity contribution in [2.24, 2.45) is 0 Å². The molecule has 11 aromatic rings. The summed E-state index contributed by atoms with van der Waals surface area (Å²) in [7, 11) is 0. The van der Waals surface area contributed by atoms with Crippen molar-refractivity contribution in [1.29, 1.82) is 0 Å². The van der Waals surface area contributed by atoms with Gasteiger partial charge in [-0.05, 0) is 107 Å². The van der Waals surface area contributed by atoms with E-state index in [1.807, 2.05) is 0 Å². The van der Waals surface area contributed by atoms with Crippen LogP contribution in [0.1, 0.15) is 0 Å². The molecule has 0 aliphatic heterocycles. The maximum absolute atomic E-state index is 5.09. The molecule has 0 unspecified atom stereocenters. The zero-order valence-corrected chi connectivity index (χ0v) is 27.7. The van der Waals surface area contributed by atoms with Gasteiger partial charge < -0.3 is 0 Å². The van der Waals surface area contributed by atoms with Crippen LogP contribution in [0.15, 0.2) is 182 Å². The van der Waals surface area contributed by atoms with Crippen molar-refractivity contribution in [1.82, 2.24) is 9.38 Å². The van der Waals surface area contributed by atoms with E-state index in [2.05, 4.69) is 186 Å². The summed E-state index contributed by atoms with van der Waals surface area (Å²) < 4.78 is 2.31. The summed E-state index contributed by atoms with van der Waals surface area (Å²) in [5.41, 5.74) is 11.7. The topological polar surface area (TPSA) is 17.3 Å². The second-order valence-electron chi connectivity index (χ2n) is 13.5. The molecule has 0 aliphatic carbocycles. The summed E-state index contributed by atoms with van der Waals surface area (Å²) in [6.07, 6.45) is 0. The Morgan fingerprint density at radius 3 is 1.57 bits per heavy atom. The monoisotopic (exact) mass is 646 g/mol. The number of pyridine rings is 1. The van der Waals surface area contributed by atoms with Crippen LogP contribution >= 0.6 is 0 Å². The molecule has 11 rings (SSSR count). The van der Waals surface area contributed by atoms with Gasteiger partial charge in [0.05, 0.1) is 16.6 Å². The van der Waals surface area contributed by atoms with Gasteiger partial charge in [-0.1, -0.05) is 146 Å². The Kier molecular flexibility index (Phi) is 5.99. The van der Waals surface area contributed by atoms with E-state index in [1.54, 1.807) is 0 Å². The molecular formula is C49H30N2. The molecule has 0 radical (unpaired) electrons. The van der Waals surface area contributed by atoms with Gasteiger partial charge in [0, 0.05) is 10.8 Å². The highest BCUT2D eigenvalue weighted by molar-refractivity contribution is 6.22. The van der Waals surface area contributed by atoms with E-state index < -0.39 is 0 Å². The highest BCUT2D eigenvalue weighted by Gasteiger charge is 2.18. The zero-order valence-electron chi connectivity index (χ0n) is 27.7. The number of hydrogen-bond donors (Lipinski definition) is 0. The average Bonchev–Trinajstić information content (AvgIpc) is 3.60. The SMILES string of the molecule is c1ccc2cc(-c3c4ccccc4c(-c4ccc(-c5ccc6c(c5)c5ccccc5n5c7ccccc7nc65)cc4)c4ccccc34)ccc2c1. The Morgan fingerprint density at radius 2 is 0.843 bits per heavy atom. The van der Waals surface area contributed by atoms with Crippen LogP contribution in [0.3, 0.4) is 0 Å². The van der Waals surface area contributed by atoms with Crippen LogP contribution in [0, 0.1) is 0 Å². The summed E-state index contributed by atoms with van der Waals surface area (Å²) in [6, 6.07) is 66.3. The smallest absolute Gasteiger partial charge is 0.146 e. The van der Waals surface area contributed by atoms with Crippen molar-refractivity contribution < 1.29 is 0 Å². The molecule has 0 atom stereocenters. The molecule has 0 saturated heterocycles. The molecule has 0 fully saturated rings. The number of benzene rings is 9. The molecule has 2 heteroatoms. The third-order valence-corrected chi connectivity index (χ3v) is 10.7. The Bertz CT molecular complexity index is 3130. The van der Waals surface area contributed by atoms with Gasteiger partial charge in [-0.3, -0.25) is 4.40 Å². The fourth-order valence-electron chi connectivity index (χ4n) is 8.41. The maximum Gasteiger partial charge on any atom is 0.146 e. The largest absolute Gasteiger partial charge is 0.292 e. The number of nitrogens with zero attached hydrogens (tertiary/aromatic N) is 2. The van der Waals surface area contributed by atoms with E-state index in [1.165, 1.54) is 82.0 Å². The Balaban J connectivity index is 1.08. The molecule has 51 heavy (non-hydrogen) atoms. The lowest BCUT2D eigenvalue weighted by molar-refractivity contribution is 1.31. The van der Waals surface area contributed by atoms with Crippen molar-refractivity contribution in [3.63, 3.8) is 0 Å². The highest BCUT2D eigenvalue weighted by Crippen LogP contribution is 2.44. The van der Waals surface area contributed by atoms with Gasteiger partial charge in [0.25, 0.3) is 0 Å². The number of aromatic nitrogens is 2. The lowest BCUT2D eigenvalue weighted by Gasteiger charge is -2.18. The molecule has 2 aromatic heterocycles. The molecule has 0 saturated carbocycles. The van der Waals surface area contributed by atoms with Gasteiger partial charge in [0.2, 0.25) is 0 Å². The molecule has 0 bridgehead atoms.